The monoisotopic (exact) mass is 169 g/mol. The van der Waals surface area contributed by atoms with Gasteiger partial charge in [-0.1, -0.05) is 26.7 Å². The molecular weight excluding hydrogens is 150 g/mol. The van der Waals surface area contributed by atoms with E-state index in [4.69, 9.17) is 0 Å². The molecule has 1 unspecified atom stereocenters. The summed E-state index contributed by atoms with van der Waals surface area (Å²) in [6.45, 7) is 6.33. The Balaban J connectivity index is 3.97. The van der Waals surface area contributed by atoms with Crippen LogP contribution in [0.15, 0.2) is 4.99 Å². The van der Waals surface area contributed by atoms with Gasteiger partial charge in [-0.2, -0.15) is 0 Å². The van der Waals surface area contributed by atoms with E-state index >= 15 is 0 Å². The zero-order valence-corrected chi connectivity index (χ0v) is 8.34. The lowest BCUT2D eigenvalue weighted by atomic mass is 9.92. The molecule has 12 heavy (non-hydrogen) atoms. The predicted octanol–water partition coefficient (Wildman–Crippen LogP) is 2.93. The van der Waals surface area contributed by atoms with Crippen molar-refractivity contribution in [1.29, 1.82) is 0 Å². The molecule has 70 valence electrons. The predicted molar refractivity (Wildman–Crippen MR) is 50.9 cm³/mol. The molecule has 0 aromatic rings. The first-order chi connectivity index (χ1) is 5.76. The third kappa shape index (κ3) is 4.30. The lowest BCUT2D eigenvalue weighted by Crippen LogP contribution is -2.14. The molecule has 0 aliphatic carbocycles. The fourth-order valence-electron chi connectivity index (χ4n) is 1.56. The maximum Gasteiger partial charge on any atom is 0.235 e. The standard InChI is InChI=1S/C10H19NO/c1-4-6-10(7-5-2)9(3)11-8-12/h9-10H,4-7H2,1-3H3. The van der Waals surface area contributed by atoms with Crippen LogP contribution in [-0.2, 0) is 4.79 Å². The van der Waals surface area contributed by atoms with Crippen molar-refractivity contribution in [3.05, 3.63) is 0 Å². The molecule has 0 radical (unpaired) electrons. The van der Waals surface area contributed by atoms with Gasteiger partial charge in [0.25, 0.3) is 0 Å². The molecule has 0 saturated heterocycles. The van der Waals surface area contributed by atoms with Gasteiger partial charge in [0, 0.05) is 0 Å². The molecule has 0 spiro atoms. The van der Waals surface area contributed by atoms with Crippen molar-refractivity contribution in [2.45, 2.75) is 52.5 Å². The van der Waals surface area contributed by atoms with Gasteiger partial charge in [0.1, 0.15) is 0 Å². The van der Waals surface area contributed by atoms with E-state index in [-0.39, 0.29) is 6.04 Å². The molecule has 0 aliphatic heterocycles. The second-order valence-corrected chi connectivity index (χ2v) is 3.30. The molecule has 0 bridgehead atoms. The van der Waals surface area contributed by atoms with E-state index in [1.54, 1.807) is 6.08 Å². The van der Waals surface area contributed by atoms with E-state index in [1.165, 1.54) is 25.7 Å². The second-order valence-electron chi connectivity index (χ2n) is 3.30. The van der Waals surface area contributed by atoms with Crippen LogP contribution in [-0.4, -0.2) is 12.1 Å². The summed E-state index contributed by atoms with van der Waals surface area (Å²) in [7, 11) is 0. The summed E-state index contributed by atoms with van der Waals surface area (Å²) in [5, 5.41) is 0. The van der Waals surface area contributed by atoms with Crippen molar-refractivity contribution in [3.8, 4) is 0 Å². The number of hydrogen-bond donors (Lipinski definition) is 0. The Morgan fingerprint density at radius 3 is 2.08 bits per heavy atom. The van der Waals surface area contributed by atoms with E-state index in [1.807, 2.05) is 6.92 Å². The summed E-state index contributed by atoms with van der Waals surface area (Å²) in [6, 6.07) is 0.155. The maximum atomic E-state index is 10.0. The summed E-state index contributed by atoms with van der Waals surface area (Å²) in [5.41, 5.74) is 0. The highest BCUT2D eigenvalue weighted by molar-refractivity contribution is 5.33. The zero-order valence-electron chi connectivity index (χ0n) is 8.34. The zero-order chi connectivity index (χ0) is 9.40. The van der Waals surface area contributed by atoms with E-state index in [9.17, 15) is 4.79 Å². The van der Waals surface area contributed by atoms with Gasteiger partial charge >= 0.3 is 0 Å². The van der Waals surface area contributed by atoms with Crippen LogP contribution >= 0.6 is 0 Å². The van der Waals surface area contributed by atoms with E-state index in [2.05, 4.69) is 18.8 Å². The van der Waals surface area contributed by atoms with Crippen LogP contribution < -0.4 is 0 Å². The number of rotatable bonds is 6. The fraction of sp³-hybridized carbons (Fsp3) is 0.900. The number of isocyanates is 1. The Labute approximate surface area is 75.1 Å². The lowest BCUT2D eigenvalue weighted by Gasteiger charge is -2.17. The highest BCUT2D eigenvalue weighted by atomic mass is 16.1. The molecule has 0 rings (SSSR count). The molecule has 0 N–H and O–H groups in total. The Hall–Kier alpha value is -0.620. The van der Waals surface area contributed by atoms with Crippen molar-refractivity contribution in [2.75, 3.05) is 0 Å². The molecule has 0 fully saturated rings. The first-order valence-corrected chi connectivity index (χ1v) is 4.83. The molecular formula is C10H19NO. The summed E-state index contributed by atoms with van der Waals surface area (Å²) in [5.74, 6) is 0.571. The van der Waals surface area contributed by atoms with Crippen LogP contribution in [0.1, 0.15) is 46.5 Å². The summed E-state index contributed by atoms with van der Waals surface area (Å²) < 4.78 is 0. The molecule has 0 saturated carbocycles. The molecule has 0 amide bonds. The normalized spacial score (nSPS) is 12.7. The average molecular weight is 169 g/mol. The number of hydrogen-bond acceptors (Lipinski definition) is 2. The number of aliphatic imine (C=N–C) groups is 1. The van der Waals surface area contributed by atoms with Gasteiger partial charge in [0.15, 0.2) is 0 Å². The fourth-order valence-corrected chi connectivity index (χ4v) is 1.56. The Morgan fingerprint density at radius 1 is 1.25 bits per heavy atom. The molecule has 2 heteroatoms. The van der Waals surface area contributed by atoms with Crippen molar-refractivity contribution in [3.63, 3.8) is 0 Å². The summed E-state index contributed by atoms with van der Waals surface area (Å²) >= 11 is 0. The van der Waals surface area contributed by atoms with Gasteiger partial charge in [-0.15, -0.1) is 0 Å². The highest BCUT2D eigenvalue weighted by Crippen LogP contribution is 2.19. The Bertz CT molecular complexity index is 144. The number of carbonyl (C=O) groups excluding carboxylic acids is 1. The van der Waals surface area contributed by atoms with Gasteiger partial charge in [-0.25, -0.2) is 9.79 Å². The van der Waals surface area contributed by atoms with E-state index in [0.29, 0.717) is 5.92 Å². The van der Waals surface area contributed by atoms with Crippen molar-refractivity contribution in [1.82, 2.24) is 0 Å². The lowest BCUT2D eigenvalue weighted by molar-refractivity contribution is 0.379. The van der Waals surface area contributed by atoms with Crippen LogP contribution in [0, 0.1) is 5.92 Å². The van der Waals surface area contributed by atoms with Crippen molar-refractivity contribution in [2.24, 2.45) is 10.9 Å². The van der Waals surface area contributed by atoms with Crippen LogP contribution in [0.4, 0.5) is 0 Å². The quantitative estimate of drug-likeness (QED) is 0.444. The summed E-state index contributed by atoms with van der Waals surface area (Å²) in [4.78, 5) is 13.8. The SMILES string of the molecule is CCCC(CCC)C(C)N=C=O. The Morgan fingerprint density at radius 2 is 1.75 bits per heavy atom. The van der Waals surface area contributed by atoms with Gasteiger partial charge in [0.2, 0.25) is 6.08 Å². The first-order valence-electron chi connectivity index (χ1n) is 4.83. The molecule has 0 heterocycles. The van der Waals surface area contributed by atoms with Crippen LogP contribution in [0.2, 0.25) is 0 Å². The Kier molecular flexibility index (Phi) is 6.69. The number of nitrogens with zero attached hydrogens (tertiary/aromatic N) is 1. The van der Waals surface area contributed by atoms with Gasteiger partial charge < -0.3 is 0 Å². The minimum absolute atomic E-state index is 0.155. The van der Waals surface area contributed by atoms with Crippen molar-refractivity contribution >= 4 is 6.08 Å². The third-order valence-electron chi connectivity index (χ3n) is 2.26. The average Bonchev–Trinajstić information content (AvgIpc) is 2.04. The second kappa shape index (κ2) is 7.05. The van der Waals surface area contributed by atoms with E-state index < -0.39 is 0 Å². The van der Waals surface area contributed by atoms with Gasteiger partial charge in [-0.05, 0) is 25.7 Å². The first kappa shape index (κ1) is 11.4. The molecule has 0 aromatic carbocycles. The summed E-state index contributed by atoms with van der Waals surface area (Å²) in [6.07, 6.45) is 6.31. The van der Waals surface area contributed by atoms with Crippen LogP contribution in [0.3, 0.4) is 0 Å². The van der Waals surface area contributed by atoms with Crippen molar-refractivity contribution < 1.29 is 4.79 Å². The smallest absolute Gasteiger partial charge is 0.211 e. The molecule has 0 aliphatic rings. The van der Waals surface area contributed by atoms with Crippen LogP contribution in [0.5, 0.6) is 0 Å². The largest absolute Gasteiger partial charge is 0.235 e. The molecule has 1 atom stereocenters. The highest BCUT2D eigenvalue weighted by Gasteiger charge is 2.13. The topological polar surface area (TPSA) is 29.4 Å². The minimum Gasteiger partial charge on any atom is -0.211 e. The van der Waals surface area contributed by atoms with E-state index in [0.717, 1.165) is 0 Å². The minimum atomic E-state index is 0.155. The molecule has 0 aromatic heterocycles. The van der Waals surface area contributed by atoms with Crippen LogP contribution in [0.25, 0.3) is 0 Å². The molecule has 2 nitrogen and oxygen atoms in total. The van der Waals surface area contributed by atoms with Gasteiger partial charge in [0.05, 0.1) is 6.04 Å². The maximum absolute atomic E-state index is 10.0. The third-order valence-corrected chi connectivity index (χ3v) is 2.26. The van der Waals surface area contributed by atoms with Gasteiger partial charge in [-0.3, -0.25) is 0 Å².